The molecule has 3 N–H and O–H groups in total. The first-order chi connectivity index (χ1) is 14.6. The van der Waals surface area contributed by atoms with E-state index in [4.69, 9.17) is 10.1 Å². The quantitative estimate of drug-likeness (QED) is 0.644. The Kier molecular flexibility index (Phi) is 5.08. The van der Waals surface area contributed by atoms with E-state index in [1.165, 1.54) is 38.4 Å². The lowest BCUT2D eigenvalue weighted by Crippen LogP contribution is -2.61. The second kappa shape index (κ2) is 7.49. The fourth-order valence-electron chi connectivity index (χ4n) is 3.31. The summed E-state index contributed by atoms with van der Waals surface area (Å²) in [7, 11) is -2.54. The molecule has 1 aliphatic heterocycles. The average molecular weight is 447 g/mol. The van der Waals surface area contributed by atoms with E-state index in [9.17, 15) is 17.6 Å². The summed E-state index contributed by atoms with van der Waals surface area (Å²) in [5.41, 5.74) is -0.935. The first-order valence-electron chi connectivity index (χ1n) is 9.65. The van der Waals surface area contributed by atoms with Gasteiger partial charge in [0.1, 0.15) is 17.3 Å². The lowest BCUT2D eigenvalue weighted by atomic mass is 9.93. The van der Waals surface area contributed by atoms with Crippen molar-refractivity contribution in [2.45, 2.75) is 31.4 Å². The Morgan fingerprint density at radius 1 is 1.35 bits per heavy atom. The molecule has 4 rings (SSSR count). The van der Waals surface area contributed by atoms with Crippen LogP contribution in [-0.4, -0.2) is 48.5 Å². The number of anilines is 1. The number of amides is 1. The zero-order chi connectivity index (χ0) is 22.4. The van der Waals surface area contributed by atoms with Gasteiger partial charge in [0.25, 0.3) is 5.91 Å². The average Bonchev–Trinajstić information content (AvgIpc) is 3.51. The summed E-state index contributed by atoms with van der Waals surface area (Å²) < 4.78 is 45.8. The Labute approximate surface area is 179 Å². The second-order valence-electron chi connectivity index (χ2n) is 7.87. The van der Waals surface area contributed by atoms with Crippen molar-refractivity contribution in [1.82, 2.24) is 14.6 Å². The number of nitrogens with zero attached hydrogens (tertiary/aromatic N) is 2. The van der Waals surface area contributed by atoms with E-state index >= 15 is 0 Å². The van der Waals surface area contributed by atoms with E-state index in [0.29, 0.717) is 5.75 Å². The van der Waals surface area contributed by atoms with Crippen LogP contribution in [0.25, 0.3) is 0 Å². The predicted octanol–water partition coefficient (Wildman–Crippen LogP) is 2.03. The van der Waals surface area contributed by atoms with E-state index in [1.807, 2.05) is 0 Å². The summed E-state index contributed by atoms with van der Waals surface area (Å²) in [5, 5.41) is 13.3. The highest BCUT2D eigenvalue weighted by atomic mass is 32.2. The molecule has 164 valence electrons. The predicted molar refractivity (Wildman–Crippen MR) is 112 cm³/mol. The van der Waals surface area contributed by atoms with Gasteiger partial charge >= 0.3 is 0 Å². The van der Waals surface area contributed by atoms with Gasteiger partial charge in [-0.05, 0) is 50.1 Å². The van der Waals surface area contributed by atoms with Gasteiger partial charge in [-0.3, -0.25) is 10.2 Å². The number of sulfonamides is 1. The van der Waals surface area contributed by atoms with Gasteiger partial charge in [-0.2, -0.15) is 0 Å². The van der Waals surface area contributed by atoms with Crippen molar-refractivity contribution in [1.29, 1.82) is 5.41 Å². The van der Waals surface area contributed by atoms with Crippen LogP contribution >= 0.6 is 0 Å². The van der Waals surface area contributed by atoms with Crippen LogP contribution < -0.4 is 15.4 Å². The van der Waals surface area contributed by atoms with Gasteiger partial charge in [-0.15, -0.1) is 0 Å². The molecule has 1 saturated carbocycles. The van der Waals surface area contributed by atoms with Crippen LogP contribution in [0, 0.1) is 11.2 Å². The van der Waals surface area contributed by atoms with Crippen molar-refractivity contribution < 1.29 is 22.3 Å². The Morgan fingerprint density at radius 3 is 2.71 bits per heavy atom. The van der Waals surface area contributed by atoms with Crippen LogP contribution in [0.5, 0.6) is 5.75 Å². The summed E-state index contributed by atoms with van der Waals surface area (Å²) in [6, 6.07) is 7.08. The molecule has 0 spiro atoms. The minimum atomic E-state index is -3.80. The molecular weight excluding hydrogens is 425 g/mol. The molecule has 2 fully saturated rings. The molecule has 1 atom stereocenters. The Morgan fingerprint density at radius 2 is 2.10 bits per heavy atom. The zero-order valence-corrected chi connectivity index (χ0v) is 17.8. The van der Waals surface area contributed by atoms with Gasteiger partial charge in [-0.25, -0.2) is 22.1 Å². The van der Waals surface area contributed by atoms with Crippen LogP contribution in [0.2, 0.25) is 0 Å². The molecule has 0 unspecified atom stereocenters. The number of ether oxygens (including phenoxy) is 1. The Balaban J connectivity index is 1.55. The number of carbonyl (C=O) groups excluding carboxylic acids is 1. The molecule has 11 heteroatoms. The van der Waals surface area contributed by atoms with E-state index in [1.54, 1.807) is 6.07 Å². The number of hydrogen-bond acceptors (Lipinski definition) is 6. The monoisotopic (exact) mass is 447 g/mol. The molecule has 2 heterocycles. The third-order valence-corrected chi connectivity index (χ3v) is 7.17. The van der Waals surface area contributed by atoms with Crippen molar-refractivity contribution in [3.05, 3.63) is 53.6 Å². The van der Waals surface area contributed by atoms with Crippen LogP contribution in [0.3, 0.4) is 0 Å². The molecule has 1 aliphatic carbocycles. The second-order valence-corrected chi connectivity index (χ2v) is 9.87. The molecule has 2 aromatic rings. The van der Waals surface area contributed by atoms with Gasteiger partial charge < -0.3 is 15.4 Å². The molecule has 0 radical (unpaired) electrons. The molecule has 1 aromatic heterocycles. The lowest BCUT2D eigenvalue weighted by molar-refractivity contribution is 0.102. The number of aromatic nitrogens is 1. The number of nitrogens with one attached hydrogen (secondary N) is 3. The van der Waals surface area contributed by atoms with E-state index in [0.717, 1.165) is 23.2 Å². The van der Waals surface area contributed by atoms with Crippen molar-refractivity contribution in [3.63, 3.8) is 0 Å². The number of rotatable bonds is 5. The van der Waals surface area contributed by atoms with Gasteiger partial charge in [0.2, 0.25) is 16.0 Å². The maximum atomic E-state index is 14.6. The number of guanidine groups is 1. The summed E-state index contributed by atoms with van der Waals surface area (Å²) in [4.78, 5) is 16.6. The van der Waals surface area contributed by atoms with Crippen molar-refractivity contribution in [2.24, 2.45) is 0 Å². The van der Waals surface area contributed by atoms with E-state index in [2.05, 4.69) is 15.6 Å². The first-order valence-corrected chi connectivity index (χ1v) is 11.3. The fourth-order valence-corrected chi connectivity index (χ4v) is 4.78. The van der Waals surface area contributed by atoms with Crippen LogP contribution in [0.15, 0.2) is 36.5 Å². The van der Waals surface area contributed by atoms with Crippen LogP contribution in [0.1, 0.15) is 35.8 Å². The maximum Gasteiger partial charge on any atom is 0.274 e. The minimum Gasteiger partial charge on any atom is -0.489 e. The van der Waals surface area contributed by atoms with Crippen LogP contribution in [-0.2, 0) is 15.6 Å². The first kappa shape index (κ1) is 21.0. The van der Waals surface area contributed by atoms with Gasteiger partial charge in [-0.1, -0.05) is 0 Å². The molecular formula is C20H22FN5O4S. The lowest BCUT2D eigenvalue weighted by Gasteiger charge is -2.40. The smallest absolute Gasteiger partial charge is 0.274 e. The minimum absolute atomic E-state index is 0.0212. The fraction of sp³-hybridized carbons (Fsp3) is 0.350. The number of carbonyl (C=O) groups is 1. The molecule has 31 heavy (non-hydrogen) atoms. The molecule has 9 nitrogen and oxygen atoms in total. The third-order valence-electron chi connectivity index (χ3n) is 5.21. The molecule has 1 saturated heterocycles. The molecule has 1 aromatic carbocycles. The normalized spacial score (nSPS) is 22.5. The highest BCUT2D eigenvalue weighted by Crippen LogP contribution is 2.31. The number of pyridine rings is 1. The number of benzene rings is 1. The Hall–Kier alpha value is -3.21. The van der Waals surface area contributed by atoms with Crippen molar-refractivity contribution >= 4 is 27.6 Å². The summed E-state index contributed by atoms with van der Waals surface area (Å²) >= 11 is 0. The highest BCUT2D eigenvalue weighted by Gasteiger charge is 2.43. The SMILES string of the molecule is CN1C(=N)N[C@](C)(c2cc(NC(=O)c3ccc(OC4CC4)cn3)ccc2F)CS1(=O)=O. The van der Waals surface area contributed by atoms with Gasteiger partial charge in [0, 0.05) is 18.3 Å². The third kappa shape index (κ3) is 4.31. The van der Waals surface area contributed by atoms with Gasteiger partial charge in [0.05, 0.1) is 23.6 Å². The summed E-state index contributed by atoms with van der Waals surface area (Å²) in [5.74, 6) is -1.37. The molecule has 2 aliphatic rings. The number of halogens is 1. The standard InChI is InChI=1S/C20H22FN5O4S/c1-20(11-31(28,29)26(2)19(22)25-20)15-9-12(3-7-16(15)21)24-18(27)17-8-6-14(10-23-17)30-13-4-5-13/h3,6-10,13H,4-5,11H2,1-2H3,(H2,22,25)(H,24,27)/t20-/m0/s1. The van der Waals surface area contributed by atoms with E-state index in [-0.39, 0.29) is 29.0 Å². The summed E-state index contributed by atoms with van der Waals surface area (Å²) in [6.45, 7) is 1.50. The highest BCUT2D eigenvalue weighted by molar-refractivity contribution is 7.89. The largest absolute Gasteiger partial charge is 0.489 e. The van der Waals surface area contributed by atoms with Crippen LogP contribution in [0.4, 0.5) is 10.1 Å². The van der Waals surface area contributed by atoms with Crippen molar-refractivity contribution in [2.75, 3.05) is 18.1 Å². The maximum absolute atomic E-state index is 14.6. The van der Waals surface area contributed by atoms with Crippen molar-refractivity contribution in [3.8, 4) is 5.75 Å². The van der Waals surface area contributed by atoms with E-state index < -0.39 is 33.0 Å². The topological polar surface area (TPSA) is 124 Å². The van der Waals surface area contributed by atoms with Gasteiger partial charge in [0.15, 0.2) is 0 Å². The number of hydrogen-bond donors (Lipinski definition) is 3. The zero-order valence-electron chi connectivity index (χ0n) is 17.0. The molecule has 1 amide bonds. The molecule has 0 bridgehead atoms. The summed E-state index contributed by atoms with van der Waals surface area (Å²) in [6.07, 6.45) is 3.72. The Bertz CT molecular complexity index is 1150.